The van der Waals surface area contributed by atoms with Crippen LogP contribution in [0.1, 0.15) is 5.56 Å². The van der Waals surface area contributed by atoms with Crippen LogP contribution in [0.5, 0.6) is 11.5 Å². The summed E-state index contributed by atoms with van der Waals surface area (Å²) in [5.74, 6) is 0.556. The van der Waals surface area contributed by atoms with Crippen LogP contribution < -0.4 is 19.8 Å². The third-order valence-electron chi connectivity index (χ3n) is 4.73. The largest absolute Gasteiger partial charge is 0.870 e. The summed E-state index contributed by atoms with van der Waals surface area (Å²) in [6.45, 7) is 0. The number of hydrogen-bond acceptors (Lipinski definition) is 6. The van der Waals surface area contributed by atoms with E-state index in [1.807, 2.05) is 47.0 Å². The summed E-state index contributed by atoms with van der Waals surface area (Å²) in [7, 11) is 1.42. The molecule has 3 aromatic carbocycles. The topological polar surface area (TPSA) is 106 Å². The van der Waals surface area contributed by atoms with Gasteiger partial charge in [-0.25, -0.2) is 5.43 Å². The Morgan fingerprint density at radius 1 is 1.21 bits per heavy atom. The highest BCUT2D eigenvalue weighted by molar-refractivity contribution is 7.99. The molecule has 8 nitrogen and oxygen atoms in total. The van der Waals surface area contributed by atoms with Crippen LogP contribution in [0.4, 0.5) is 0 Å². The number of hydrogen-bond donors (Lipinski definition) is 2. The van der Waals surface area contributed by atoms with Gasteiger partial charge in [0.1, 0.15) is 11.4 Å². The van der Waals surface area contributed by atoms with Crippen molar-refractivity contribution < 1.29 is 19.2 Å². The van der Waals surface area contributed by atoms with Gasteiger partial charge in [-0.3, -0.25) is 4.79 Å². The number of nitrogens with zero attached hydrogens (tertiary/aromatic N) is 3. The Balaban J connectivity index is 1.48. The molecule has 4 rings (SSSR count). The van der Waals surface area contributed by atoms with E-state index in [2.05, 4.69) is 20.7 Å². The summed E-state index contributed by atoms with van der Waals surface area (Å²) in [5.41, 5.74) is 4.92. The fourth-order valence-electron chi connectivity index (χ4n) is 3.12. The molecule has 0 fully saturated rings. The first kappa shape index (κ1) is 23.3. The fourth-order valence-corrected chi connectivity index (χ4v) is 4.00. The van der Waals surface area contributed by atoms with Crippen LogP contribution in [0.25, 0.3) is 17.1 Å². The standard InChI is InChI=1S/C24H20ClN5O3S/c1-33-21-13-16(7-12-20(21)31)14-26-27-22(32)15-34-24-29-28-23(17-5-3-2-4-6-17)30(24)19-10-8-18(25)9-11-19/h2-14H,15H2,1H3,(H2,26,27,31,32). The van der Waals surface area contributed by atoms with Crippen LogP contribution in [0.2, 0.25) is 5.02 Å². The molecule has 1 amide bonds. The Labute approximate surface area is 205 Å². The normalized spacial score (nSPS) is 11.0. The molecule has 4 aromatic rings. The van der Waals surface area contributed by atoms with Crippen molar-refractivity contribution in [1.29, 1.82) is 0 Å². The number of aromatic amines is 1. The van der Waals surface area contributed by atoms with Gasteiger partial charge in [0.05, 0.1) is 29.7 Å². The predicted molar refractivity (Wildman–Crippen MR) is 129 cm³/mol. The number of rotatable bonds is 8. The molecule has 0 atom stereocenters. The molecular formula is C24H20ClN5O3S. The molecule has 0 bridgehead atoms. The van der Waals surface area contributed by atoms with Crippen LogP contribution in [-0.4, -0.2) is 35.2 Å². The summed E-state index contributed by atoms with van der Waals surface area (Å²) in [4.78, 5) is 12.4. The van der Waals surface area contributed by atoms with Crippen LogP contribution >= 0.6 is 23.4 Å². The summed E-state index contributed by atoms with van der Waals surface area (Å²) in [6, 6.07) is 21.7. The third-order valence-corrected chi connectivity index (χ3v) is 5.92. The van der Waals surface area contributed by atoms with Gasteiger partial charge in [-0.2, -0.15) is 9.67 Å². The minimum atomic E-state index is -0.305. The SMILES string of the molecule is COc1cc(/C=N/NC(=O)CSc2n[nH]c(-c3ccccc3)[n+]2-c2ccc(Cl)cc2)ccc1[O-]. The second-order valence-electron chi connectivity index (χ2n) is 7.02. The van der Waals surface area contributed by atoms with Crippen LogP contribution in [-0.2, 0) is 4.79 Å². The van der Waals surface area contributed by atoms with E-state index in [1.165, 1.54) is 31.2 Å². The van der Waals surface area contributed by atoms with Crippen molar-refractivity contribution in [1.82, 2.24) is 15.6 Å². The average molecular weight is 494 g/mol. The molecule has 0 spiro atoms. The van der Waals surface area contributed by atoms with Crippen molar-refractivity contribution in [2.24, 2.45) is 5.10 Å². The quantitative estimate of drug-likeness (QED) is 0.169. The summed E-state index contributed by atoms with van der Waals surface area (Å²) in [5, 5.41) is 24.3. The van der Waals surface area contributed by atoms with Gasteiger partial charge in [0.15, 0.2) is 0 Å². The van der Waals surface area contributed by atoms with Crippen molar-refractivity contribution in [2.45, 2.75) is 5.16 Å². The molecule has 0 saturated heterocycles. The molecule has 0 radical (unpaired) electrons. The zero-order valence-electron chi connectivity index (χ0n) is 18.1. The van der Waals surface area contributed by atoms with E-state index < -0.39 is 0 Å². The number of carbonyl (C=O) groups is 1. The molecule has 0 aliphatic heterocycles. The van der Waals surface area contributed by atoms with Crippen molar-refractivity contribution in [3.63, 3.8) is 0 Å². The maximum atomic E-state index is 12.4. The molecule has 10 heteroatoms. The maximum Gasteiger partial charge on any atom is 0.342 e. The third kappa shape index (κ3) is 5.56. The van der Waals surface area contributed by atoms with E-state index in [-0.39, 0.29) is 23.2 Å². The minimum Gasteiger partial charge on any atom is -0.870 e. The number of amides is 1. The number of aromatic nitrogens is 3. The van der Waals surface area contributed by atoms with Gasteiger partial charge < -0.3 is 9.84 Å². The lowest BCUT2D eigenvalue weighted by molar-refractivity contribution is -0.625. The molecule has 34 heavy (non-hydrogen) atoms. The van der Waals surface area contributed by atoms with Gasteiger partial charge in [-0.1, -0.05) is 47.7 Å². The number of halogens is 1. The summed E-state index contributed by atoms with van der Waals surface area (Å²) >= 11 is 7.33. The summed E-state index contributed by atoms with van der Waals surface area (Å²) < 4.78 is 6.94. The number of ether oxygens (including phenoxy) is 1. The molecule has 0 aliphatic carbocycles. The molecule has 0 saturated carbocycles. The molecular weight excluding hydrogens is 474 g/mol. The lowest BCUT2D eigenvalue weighted by atomic mass is 10.2. The second kappa shape index (κ2) is 10.9. The van der Waals surface area contributed by atoms with Crippen molar-refractivity contribution in [3.05, 3.63) is 83.4 Å². The average Bonchev–Trinajstić information content (AvgIpc) is 3.29. The van der Waals surface area contributed by atoms with Gasteiger partial charge >= 0.3 is 5.16 Å². The van der Waals surface area contributed by atoms with E-state index in [0.29, 0.717) is 15.7 Å². The second-order valence-corrected chi connectivity index (χ2v) is 8.40. The molecule has 0 aliphatic rings. The highest BCUT2D eigenvalue weighted by atomic mass is 35.5. The Kier molecular flexibility index (Phi) is 7.46. The Hall–Kier alpha value is -3.82. The molecule has 172 valence electrons. The van der Waals surface area contributed by atoms with Gasteiger partial charge in [0.2, 0.25) is 0 Å². The Morgan fingerprint density at radius 3 is 2.71 bits per heavy atom. The first-order valence-electron chi connectivity index (χ1n) is 10.2. The van der Waals surface area contributed by atoms with E-state index >= 15 is 0 Å². The van der Waals surface area contributed by atoms with Gasteiger partial charge in [-0.15, -0.1) is 5.10 Å². The number of benzene rings is 3. The number of H-pyrrole nitrogens is 1. The summed E-state index contributed by atoms with van der Waals surface area (Å²) in [6.07, 6.45) is 1.44. The zero-order valence-corrected chi connectivity index (χ0v) is 19.6. The lowest BCUT2D eigenvalue weighted by Gasteiger charge is -2.11. The first-order valence-corrected chi connectivity index (χ1v) is 11.5. The first-order chi connectivity index (χ1) is 16.5. The monoisotopic (exact) mass is 493 g/mol. The fraction of sp³-hybridized carbons (Fsp3) is 0.0833. The Morgan fingerprint density at radius 2 is 1.97 bits per heavy atom. The number of hydrazone groups is 1. The highest BCUT2D eigenvalue weighted by Gasteiger charge is 2.24. The smallest absolute Gasteiger partial charge is 0.342 e. The van der Waals surface area contributed by atoms with Crippen molar-refractivity contribution >= 4 is 35.5 Å². The number of nitrogens with one attached hydrogen (secondary N) is 2. The predicted octanol–water partition coefficient (Wildman–Crippen LogP) is 3.33. The number of thioether (sulfide) groups is 1. The van der Waals surface area contributed by atoms with Crippen LogP contribution in [0.15, 0.2) is 83.1 Å². The minimum absolute atomic E-state index is 0.0901. The van der Waals surface area contributed by atoms with Gasteiger partial charge in [-0.05, 0) is 59.8 Å². The van der Waals surface area contributed by atoms with E-state index in [1.54, 1.807) is 24.3 Å². The molecule has 1 aromatic heterocycles. The van der Waals surface area contributed by atoms with Gasteiger partial charge in [0, 0.05) is 5.02 Å². The highest BCUT2D eigenvalue weighted by Crippen LogP contribution is 2.23. The van der Waals surface area contributed by atoms with E-state index in [0.717, 1.165) is 17.1 Å². The zero-order chi connectivity index (χ0) is 23.9. The van der Waals surface area contributed by atoms with Crippen molar-refractivity contribution in [2.75, 3.05) is 12.9 Å². The van der Waals surface area contributed by atoms with Crippen LogP contribution in [0, 0.1) is 0 Å². The lowest BCUT2D eigenvalue weighted by Crippen LogP contribution is -2.34. The number of methoxy groups -OCH3 is 1. The maximum absolute atomic E-state index is 12.4. The van der Waals surface area contributed by atoms with E-state index in [4.69, 9.17) is 16.3 Å². The van der Waals surface area contributed by atoms with Crippen LogP contribution in [0.3, 0.4) is 0 Å². The van der Waals surface area contributed by atoms with Gasteiger partial charge in [0.25, 0.3) is 11.7 Å². The molecule has 0 unspecified atom stereocenters. The van der Waals surface area contributed by atoms with E-state index in [9.17, 15) is 9.90 Å². The molecule has 1 heterocycles. The molecule has 2 N–H and O–H groups in total. The number of carbonyl (C=O) groups excluding carboxylic acids is 1. The van der Waals surface area contributed by atoms with Crippen molar-refractivity contribution in [3.8, 4) is 28.6 Å². The Bertz CT molecular complexity index is 1310.